The first-order chi connectivity index (χ1) is 8.74. The molecular weight excluding hydrogens is 224 g/mol. The fourth-order valence-corrected chi connectivity index (χ4v) is 2.62. The summed E-state index contributed by atoms with van der Waals surface area (Å²) >= 11 is 0. The van der Waals surface area contributed by atoms with Crippen molar-refractivity contribution >= 4 is 16.8 Å². The van der Waals surface area contributed by atoms with E-state index in [4.69, 9.17) is 0 Å². The van der Waals surface area contributed by atoms with E-state index in [1.54, 1.807) is 0 Å². The fourth-order valence-electron chi connectivity index (χ4n) is 2.62. The van der Waals surface area contributed by atoms with Crippen LogP contribution in [0, 0.1) is 5.92 Å². The van der Waals surface area contributed by atoms with Gasteiger partial charge >= 0.3 is 0 Å². The molecule has 3 heteroatoms. The molecule has 1 aliphatic carbocycles. The zero-order valence-corrected chi connectivity index (χ0v) is 10.7. The predicted octanol–water partition coefficient (Wildman–Crippen LogP) is 2.88. The molecule has 1 aliphatic rings. The normalized spacial score (nSPS) is 15.8. The van der Waals surface area contributed by atoms with Gasteiger partial charge in [-0.05, 0) is 18.1 Å². The number of fused-ring (bicyclic) bond motifs is 1. The third-order valence-corrected chi connectivity index (χ3v) is 3.98. The Morgan fingerprint density at radius 1 is 1.39 bits per heavy atom. The molecule has 18 heavy (non-hydrogen) atoms. The Kier molecular flexibility index (Phi) is 2.90. The van der Waals surface area contributed by atoms with Crippen molar-refractivity contribution in [2.75, 3.05) is 0 Å². The van der Waals surface area contributed by atoms with Gasteiger partial charge in [0.05, 0.1) is 17.5 Å². The second-order valence-corrected chi connectivity index (χ2v) is 5.29. The van der Waals surface area contributed by atoms with E-state index in [1.165, 1.54) is 19.3 Å². The highest BCUT2D eigenvalue weighted by Gasteiger charge is 2.21. The minimum absolute atomic E-state index is 0.332. The minimum atomic E-state index is 0.332. The number of aromatic nitrogens is 2. The van der Waals surface area contributed by atoms with Crippen molar-refractivity contribution in [2.45, 2.75) is 32.1 Å². The van der Waals surface area contributed by atoms with E-state index < -0.39 is 0 Å². The molecule has 3 rings (SSSR count). The molecular formula is C15H18N2O. The van der Waals surface area contributed by atoms with E-state index >= 15 is 0 Å². The Hall–Kier alpha value is -1.64. The number of imidazole rings is 1. The monoisotopic (exact) mass is 242 g/mol. The van der Waals surface area contributed by atoms with Crippen molar-refractivity contribution in [3.05, 3.63) is 30.1 Å². The zero-order chi connectivity index (χ0) is 12.5. The molecule has 3 nitrogen and oxygen atoms in total. The van der Waals surface area contributed by atoms with Gasteiger partial charge in [0.15, 0.2) is 0 Å². The molecule has 1 aromatic heterocycles. The molecule has 0 radical (unpaired) electrons. The van der Waals surface area contributed by atoms with Gasteiger partial charge in [-0.15, -0.1) is 0 Å². The Morgan fingerprint density at radius 2 is 2.17 bits per heavy atom. The molecule has 0 N–H and O–H groups in total. The average molecular weight is 242 g/mol. The summed E-state index contributed by atoms with van der Waals surface area (Å²) in [5, 5.41) is 0. The van der Waals surface area contributed by atoms with Crippen LogP contribution in [0.25, 0.3) is 11.0 Å². The summed E-state index contributed by atoms with van der Waals surface area (Å²) in [5.74, 6) is 1.87. The van der Waals surface area contributed by atoms with Crippen LogP contribution < -0.4 is 0 Å². The molecule has 2 aromatic rings. The molecule has 0 amide bonds. The summed E-state index contributed by atoms with van der Waals surface area (Å²) in [4.78, 5) is 16.5. The lowest BCUT2D eigenvalue weighted by atomic mass is 9.81. The smallest absolute Gasteiger partial charge is 0.140 e. The molecule has 0 spiro atoms. The third kappa shape index (κ3) is 2.05. The number of Topliss-reactive ketones (excluding diaryl/α,β-unsaturated/α-hetero) is 1. The van der Waals surface area contributed by atoms with Gasteiger partial charge in [0.1, 0.15) is 11.6 Å². The molecule has 0 unspecified atom stereocenters. The van der Waals surface area contributed by atoms with Gasteiger partial charge in [0, 0.05) is 13.5 Å². The van der Waals surface area contributed by atoms with Crippen molar-refractivity contribution in [3.63, 3.8) is 0 Å². The second kappa shape index (κ2) is 4.56. The summed E-state index contributed by atoms with van der Waals surface area (Å²) < 4.78 is 2.04. The predicted molar refractivity (Wildman–Crippen MR) is 71.4 cm³/mol. The summed E-state index contributed by atoms with van der Waals surface area (Å²) in [5.41, 5.74) is 2.08. The van der Waals surface area contributed by atoms with Crippen LogP contribution in [-0.2, 0) is 18.3 Å². The van der Waals surface area contributed by atoms with Crippen LogP contribution in [0.15, 0.2) is 24.3 Å². The molecule has 1 saturated carbocycles. The van der Waals surface area contributed by atoms with E-state index in [-0.39, 0.29) is 0 Å². The summed E-state index contributed by atoms with van der Waals surface area (Å²) in [7, 11) is 1.99. The van der Waals surface area contributed by atoms with Gasteiger partial charge in [0.25, 0.3) is 0 Å². The number of nitrogens with zero attached hydrogens (tertiary/aromatic N) is 2. The van der Waals surface area contributed by atoms with Gasteiger partial charge in [-0.2, -0.15) is 0 Å². The van der Waals surface area contributed by atoms with E-state index in [2.05, 4.69) is 4.98 Å². The highest BCUT2D eigenvalue weighted by molar-refractivity contribution is 5.82. The van der Waals surface area contributed by atoms with E-state index in [1.807, 2.05) is 35.9 Å². The fraction of sp³-hybridized carbons (Fsp3) is 0.467. The van der Waals surface area contributed by atoms with Crippen LogP contribution in [0.4, 0.5) is 0 Å². The van der Waals surface area contributed by atoms with Crippen LogP contribution in [0.3, 0.4) is 0 Å². The number of benzene rings is 1. The number of carbonyl (C=O) groups excluding carboxylic acids is 1. The highest BCUT2D eigenvalue weighted by Crippen LogP contribution is 2.29. The van der Waals surface area contributed by atoms with E-state index in [9.17, 15) is 4.79 Å². The first-order valence-electron chi connectivity index (χ1n) is 6.66. The molecule has 0 atom stereocenters. The van der Waals surface area contributed by atoms with Crippen LogP contribution in [0.5, 0.6) is 0 Å². The lowest BCUT2D eigenvalue weighted by Crippen LogP contribution is -2.18. The van der Waals surface area contributed by atoms with Crippen molar-refractivity contribution < 1.29 is 4.79 Å². The van der Waals surface area contributed by atoms with Gasteiger partial charge < -0.3 is 4.57 Å². The van der Waals surface area contributed by atoms with Crippen LogP contribution in [0.2, 0.25) is 0 Å². The quantitative estimate of drug-likeness (QED) is 0.826. The van der Waals surface area contributed by atoms with Gasteiger partial charge in [-0.3, -0.25) is 4.79 Å². The van der Waals surface area contributed by atoms with Crippen molar-refractivity contribution in [3.8, 4) is 0 Å². The van der Waals surface area contributed by atoms with Crippen molar-refractivity contribution in [1.29, 1.82) is 0 Å². The molecule has 0 bridgehead atoms. The lowest BCUT2D eigenvalue weighted by Gasteiger charge is -2.24. The van der Waals surface area contributed by atoms with Crippen LogP contribution in [0.1, 0.15) is 31.5 Å². The standard InChI is InChI=1S/C15H18N2O/c1-17-14-8-3-2-7-13(14)16-15(17)10-12(18)9-11-5-4-6-11/h2-3,7-8,11H,4-6,9-10H2,1H3. The first kappa shape index (κ1) is 11.5. The number of hydrogen-bond donors (Lipinski definition) is 0. The molecule has 1 heterocycles. The molecule has 0 saturated heterocycles. The maximum atomic E-state index is 12.0. The highest BCUT2D eigenvalue weighted by atomic mass is 16.1. The Morgan fingerprint density at radius 3 is 2.83 bits per heavy atom. The molecule has 1 fully saturated rings. The van der Waals surface area contributed by atoms with Crippen molar-refractivity contribution in [2.24, 2.45) is 13.0 Å². The molecule has 1 aromatic carbocycles. The number of rotatable bonds is 4. The molecule has 0 aliphatic heterocycles. The summed E-state index contributed by atoms with van der Waals surface area (Å²) in [6.07, 6.45) is 4.97. The maximum absolute atomic E-state index is 12.0. The van der Waals surface area contributed by atoms with Crippen molar-refractivity contribution in [1.82, 2.24) is 9.55 Å². The molecule has 94 valence electrons. The number of hydrogen-bond acceptors (Lipinski definition) is 2. The average Bonchev–Trinajstić information content (AvgIpc) is 2.62. The van der Waals surface area contributed by atoms with E-state index in [0.717, 1.165) is 23.3 Å². The third-order valence-electron chi connectivity index (χ3n) is 3.98. The van der Waals surface area contributed by atoms with E-state index in [0.29, 0.717) is 18.1 Å². The maximum Gasteiger partial charge on any atom is 0.140 e. The Balaban J connectivity index is 1.77. The zero-order valence-electron chi connectivity index (χ0n) is 10.7. The van der Waals surface area contributed by atoms with Crippen LogP contribution >= 0.6 is 0 Å². The minimum Gasteiger partial charge on any atom is -0.331 e. The summed E-state index contributed by atoms with van der Waals surface area (Å²) in [6, 6.07) is 8.02. The van der Waals surface area contributed by atoms with Crippen LogP contribution in [-0.4, -0.2) is 15.3 Å². The topological polar surface area (TPSA) is 34.9 Å². The largest absolute Gasteiger partial charge is 0.331 e. The first-order valence-corrected chi connectivity index (χ1v) is 6.66. The lowest BCUT2D eigenvalue weighted by molar-refractivity contribution is -0.120. The Bertz CT molecular complexity index is 581. The SMILES string of the molecule is Cn1c(CC(=O)CC2CCC2)nc2ccccc21. The number of aryl methyl sites for hydroxylation is 1. The summed E-state index contributed by atoms with van der Waals surface area (Å²) in [6.45, 7) is 0. The van der Waals surface area contributed by atoms with Gasteiger partial charge in [0.2, 0.25) is 0 Å². The number of para-hydroxylation sites is 2. The van der Waals surface area contributed by atoms with Gasteiger partial charge in [-0.25, -0.2) is 4.98 Å². The number of carbonyl (C=O) groups is 1. The van der Waals surface area contributed by atoms with Gasteiger partial charge in [-0.1, -0.05) is 31.4 Å². The Labute approximate surface area is 107 Å². The number of ketones is 1. The second-order valence-electron chi connectivity index (χ2n) is 5.29.